The molecular weight excluding hydrogens is 355 g/mol. The first kappa shape index (κ1) is 18.2. The van der Waals surface area contributed by atoms with E-state index in [9.17, 15) is 17.6 Å². The van der Waals surface area contributed by atoms with Crippen molar-refractivity contribution >= 4 is 38.9 Å². The summed E-state index contributed by atoms with van der Waals surface area (Å²) in [4.78, 5) is 11.4. The Bertz CT molecular complexity index is 869. The second kappa shape index (κ2) is 7.19. The van der Waals surface area contributed by atoms with Crippen molar-refractivity contribution < 1.29 is 17.6 Å². The molecule has 0 aliphatic heterocycles. The molecule has 2 aromatic carbocycles. The molecule has 128 valence electrons. The Morgan fingerprint density at radius 1 is 1.12 bits per heavy atom. The van der Waals surface area contributed by atoms with Crippen LogP contribution < -0.4 is 10.0 Å². The summed E-state index contributed by atoms with van der Waals surface area (Å²) in [5.74, 6) is -1.48. The summed E-state index contributed by atoms with van der Waals surface area (Å²) in [6.45, 7) is 3.39. The number of amides is 1. The Balaban J connectivity index is 2.39. The molecule has 24 heavy (non-hydrogen) atoms. The van der Waals surface area contributed by atoms with Gasteiger partial charge in [-0.1, -0.05) is 37.6 Å². The van der Waals surface area contributed by atoms with E-state index in [0.717, 1.165) is 12.1 Å². The molecule has 0 saturated heterocycles. The van der Waals surface area contributed by atoms with Crippen molar-refractivity contribution in [3.8, 4) is 0 Å². The molecule has 5 nitrogen and oxygen atoms in total. The van der Waals surface area contributed by atoms with Crippen molar-refractivity contribution in [2.45, 2.75) is 18.7 Å². The molecule has 0 spiro atoms. The molecular formula is C16H16ClFN2O3S. The van der Waals surface area contributed by atoms with Crippen LogP contribution in [0, 0.1) is 11.7 Å². The van der Waals surface area contributed by atoms with Gasteiger partial charge in [-0.3, -0.25) is 9.52 Å². The molecule has 0 unspecified atom stereocenters. The number of anilines is 2. The van der Waals surface area contributed by atoms with E-state index in [2.05, 4.69) is 10.0 Å². The minimum atomic E-state index is -4.15. The van der Waals surface area contributed by atoms with E-state index in [1.165, 1.54) is 30.3 Å². The van der Waals surface area contributed by atoms with Gasteiger partial charge in [-0.15, -0.1) is 0 Å². The lowest BCUT2D eigenvalue weighted by molar-refractivity contribution is -0.118. The average molecular weight is 371 g/mol. The van der Waals surface area contributed by atoms with E-state index < -0.39 is 20.7 Å². The molecule has 0 heterocycles. The maximum atomic E-state index is 13.8. The van der Waals surface area contributed by atoms with E-state index in [0.29, 0.717) is 5.02 Å². The summed E-state index contributed by atoms with van der Waals surface area (Å²) in [5.41, 5.74) is 0.290. The Morgan fingerprint density at radius 3 is 2.42 bits per heavy atom. The Kier molecular flexibility index (Phi) is 5.46. The van der Waals surface area contributed by atoms with Crippen molar-refractivity contribution in [1.29, 1.82) is 0 Å². The highest BCUT2D eigenvalue weighted by Gasteiger charge is 2.21. The minimum absolute atomic E-state index is 0.0941. The summed E-state index contributed by atoms with van der Waals surface area (Å²) >= 11 is 5.90. The van der Waals surface area contributed by atoms with Crippen LogP contribution in [0.15, 0.2) is 47.4 Å². The lowest BCUT2D eigenvalue weighted by Crippen LogP contribution is -2.20. The van der Waals surface area contributed by atoms with Crippen LogP contribution in [-0.4, -0.2) is 14.3 Å². The van der Waals surface area contributed by atoms with Crippen LogP contribution in [0.2, 0.25) is 5.02 Å². The molecule has 0 aliphatic carbocycles. The molecule has 0 atom stereocenters. The van der Waals surface area contributed by atoms with Gasteiger partial charge in [0.25, 0.3) is 10.0 Å². The molecule has 2 rings (SSSR count). The van der Waals surface area contributed by atoms with E-state index in [1.807, 2.05) is 0 Å². The van der Waals surface area contributed by atoms with Gasteiger partial charge in [-0.2, -0.15) is 0 Å². The van der Waals surface area contributed by atoms with Crippen LogP contribution in [0.3, 0.4) is 0 Å². The zero-order valence-corrected chi connectivity index (χ0v) is 14.6. The van der Waals surface area contributed by atoms with Gasteiger partial charge < -0.3 is 5.32 Å². The number of sulfonamides is 1. The number of rotatable bonds is 5. The molecule has 0 bridgehead atoms. The number of halogens is 2. The SMILES string of the molecule is CC(C)C(=O)Nc1cc(Cl)ccc1NS(=O)(=O)c1ccccc1F. The van der Waals surface area contributed by atoms with Crippen molar-refractivity contribution in [3.05, 3.63) is 53.3 Å². The van der Waals surface area contributed by atoms with Crippen molar-refractivity contribution in [1.82, 2.24) is 0 Å². The number of hydrogen-bond acceptors (Lipinski definition) is 3. The summed E-state index contributed by atoms with van der Waals surface area (Å²) in [6, 6.07) is 9.30. The molecule has 2 aromatic rings. The predicted molar refractivity (Wildman–Crippen MR) is 92.1 cm³/mol. The van der Waals surface area contributed by atoms with Crippen LogP contribution in [0.5, 0.6) is 0 Å². The Hall–Kier alpha value is -2.12. The first-order valence-corrected chi connectivity index (χ1v) is 8.94. The lowest BCUT2D eigenvalue weighted by Gasteiger charge is -2.15. The average Bonchev–Trinajstić information content (AvgIpc) is 2.50. The fourth-order valence-electron chi connectivity index (χ4n) is 1.85. The van der Waals surface area contributed by atoms with Gasteiger partial charge in [-0.05, 0) is 30.3 Å². The molecule has 1 amide bonds. The van der Waals surface area contributed by atoms with Gasteiger partial charge in [0.15, 0.2) is 0 Å². The second-order valence-electron chi connectivity index (χ2n) is 5.37. The van der Waals surface area contributed by atoms with E-state index >= 15 is 0 Å². The zero-order valence-electron chi connectivity index (χ0n) is 13.0. The van der Waals surface area contributed by atoms with Gasteiger partial charge in [0.05, 0.1) is 11.4 Å². The number of carbonyl (C=O) groups excluding carboxylic acids is 1. The normalized spacial score (nSPS) is 11.4. The molecule has 0 radical (unpaired) electrons. The fraction of sp³-hybridized carbons (Fsp3) is 0.188. The van der Waals surface area contributed by atoms with Gasteiger partial charge >= 0.3 is 0 Å². The highest BCUT2D eigenvalue weighted by atomic mass is 35.5. The molecule has 0 fully saturated rings. The third-order valence-electron chi connectivity index (χ3n) is 3.13. The van der Waals surface area contributed by atoms with Crippen molar-refractivity contribution in [2.24, 2.45) is 5.92 Å². The topological polar surface area (TPSA) is 75.3 Å². The van der Waals surface area contributed by atoms with Crippen LogP contribution in [-0.2, 0) is 14.8 Å². The molecule has 0 aromatic heterocycles. The van der Waals surface area contributed by atoms with Gasteiger partial charge in [-0.25, -0.2) is 12.8 Å². The quantitative estimate of drug-likeness (QED) is 0.838. The van der Waals surface area contributed by atoms with Gasteiger partial charge in [0.1, 0.15) is 10.7 Å². The number of carbonyl (C=O) groups is 1. The van der Waals surface area contributed by atoms with Crippen LogP contribution in [0.4, 0.5) is 15.8 Å². The summed E-state index contributed by atoms with van der Waals surface area (Å²) in [6.07, 6.45) is 0. The Labute approximate surface area is 144 Å². The van der Waals surface area contributed by atoms with Crippen LogP contribution in [0.1, 0.15) is 13.8 Å². The maximum absolute atomic E-state index is 13.8. The highest BCUT2D eigenvalue weighted by Crippen LogP contribution is 2.29. The van der Waals surface area contributed by atoms with E-state index in [1.54, 1.807) is 13.8 Å². The van der Waals surface area contributed by atoms with Crippen LogP contribution in [0.25, 0.3) is 0 Å². The van der Waals surface area contributed by atoms with E-state index in [4.69, 9.17) is 11.6 Å². The minimum Gasteiger partial charge on any atom is -0.324 e. The molecule has 2 N–H and O–H groups in total. The second-order valence-corrected chi connectivity index (χ2v) is 7.46. The van der Waals surface area contributed by atoms with Crippen molar-refractivity contribution in [3.63, 3.8) is 0 Å². The largest absolute Gasteiger partial charge is 0.324 e. The monoisotopic (exact) mass is 370 g/mol. The first-order chi connectivity index (χ1) is 11.2. The highest BCUT2D eigenvalue weighted by molar-refractivity contribution is 7.92. The maximum Gasteiger partial charge on any atom is 0.264 e. The molecule has 0 aliphatic rings. The van der Waals surface area contributed by atoms with Crippen LogP contribution >= 0.6 is 11.6 Å². The lowest BCUT2D eigenvalue weighted by atomic mass is 10.2. The van der Waals surface area contributed by atoms with E-state index in [-0.39, 0.29) is 23.2 Å². The first-order valence-electron chi connectivity index (χ1n) is 7.08. The zero-order chi connectivity index (χ0) is 17.9. The number of benzene rings is 2. The standard InChI is InChI=1S/C16H16ClFN2O3S/c1-10(2)16(21)19-14-9-11(17)7-8-13(14)20-24(22,23)15-6-4-3-5-12(15)18/h3-10,20H,1-2H3,(H,19,21). The van der Waals surface area contributed by atoms with Gasteiger partial charge in [0.2, 0.25) is 5.91 Å². The summed E-state index contributed by atoms with van der Waals surface area (Å²) in [7, 11) is -4.15. The number of nitrogens with one attached hydrogen (secondary N) is 2. The summed E-state index contributed by atoms with van der Waals surface area (Å²) < 4.78 is 40.8. The molecule has 0 saturated carbocycles. The van der Waals surface area contributed by atoms with Gasteiger partial charge in [0, 0.05) is 10.9 Å². The third-order valence-corrected chi connectivity index (χ3v) is 4.77. The fourth-order valence-corrected chi connectivity index (χ4v) is 3.18. The smallest absolute Gasteiger partial charge is 0.264 e. The Morgan fingerprint density at radius 2 is 1.79 bits per heavy atom. The third kappa shape index (κ3) is 4.24. The predicted octanol–water partition coefficient (Wildman–Crippen LogP) is 3.87. The molecule has 8 heteroatoms. The summed E-state index contributed by atoms with van der Waals surface area (Å²) in [5, 5.41) is 2.92. The number of hydrogen-bond donors (Lipinski definition) is 2. The van der Waals surface area contributed by atoms with Crippen molar-refractivity contribution in [2.75, 3.05) is 10.0 Å².